The SMILES string of the molecule is COc1ccc2c(c1Cl)C=C(N1CCOC1=O)N(c1ccccc1)C2c1ccccc1. The fraction of sp³-hybridized carbons (Fsp3) is 0.160. The van der Waals surface area contributed by atoms with Crippen LogP contribution in [0, 0.1) is 0 Å². The van der Waals surface area contributed by atoms with E-state index in [-0.39, 0.29) is 12.1 Å². The number of rotatable bonds is 4. The highest BCUT2D eigenvalue weighted by Crippen LogP contribution is 2.46. The number of nitrogens with zero attached hydrogens (tertiary/aromatic N) is 2. The van der Waals surface area contributed by atoms with Crippen LogP contribution in [0.5, 0.6) is 5.75 Å². The number of para-hydroxylation sites is 1. The Morgan fingerprint density at radius 1 is 1.00 bits per heavy atom. The molecule has 0 saturated carbocycles. The number of carbonyl (C=O) groups excluding carboxylic acids is 1. The monoisotopic (exact) mass is 432 g/mol. The quantitative estimate of drug-likeness (QED) is 0.529. The van der Waals surface area contributed by atoms with E-state index in [0.717, 1.165) is 28.2 Å². The largest absolute Gasteiger partial charge is 0.495 e. The molecular weight excluding hydrogens is 412 g/mol. The number of methoxy groups -OCH3 is 1. The predicted molar refractivity (Wildman–Crippen MR) is 121 cm³/mol. The molecule has 0 radical (unpaired) electrons. The predicted octanol–water partition coefficient (Wildman–Crippen LogP) is 5.71. The zero-order valence-corrected chi connectivity index (χ0v) is 17.8. The van der Waals surface area contributed by atoms with Gasteiger partial charge in [0.15, 0.2) is 0 Å². The van der Waals surface area contributed by atoms with Gasteiger partial charge in [-0.15, -0.1) is 0 Å². The number of amides is 1. The summed E-state index contributed by atoms with van der Waals surface area (Å²) in [7, 11) is 1.60. The molecule has 3 aromatic rings. The Morgan fingerprint density at radius 3 is 2.35 bits per heavy atom. The molecule has 0 aliphatic carbocycles. The summed E-state index contributed by atoms with van der Waals surface area (Å²) >= 11 is 6.76. The third-order valence-electron chi connectivity index (χ3n) is 5.66. The summed E-state index contributed by atoms with van der Waals surface area (Å²) in [6, 6.07) is 24.0. The van der Waals surface area contributed by atoms with Crippen molar-refractivity contribution in [2.75, 3.05) is 25.2 Å². The standard InChI is InChI=1S/C25H21ClN2O3/c1-30-21-13-12-19-20(23(21)26)16-22(27-14-15-31-25(27)29)28(18-10-6-3-7-11-18)24(19)17-8-4-2-5-9-17/h2-13,16,24H,14-15H2,1H3. The Kier molecular flexibility index (Phi) is 5.04. The fourth-order valence-electron chi connectivity index (χ4n) is 4.24. The normalized spacial score (nSPS) is 17.8. The third-order valence-corrected chi connectivity index (χ3v) is 6.05. The van der Waals surface area contributed by atoms with Gasteiger partial charge in [-0.3, -0.25) is 4.90 Å². The molecular formula is C25H21ClN2O3. The maximum absolute atomic E-state index is 12.6. The second-order valence-electron chi connectivity index (χ2n) is 7.37. The van der Waals surface area contributed by atoms with E-state index in [1.165, 1.54) is 0 Å². The Morgan fingerprint density at radius 2 is 1.71 bits per heavy atom. The van der Waals surface area contributed by atoms with Crippen molar-refractivity contribution in [3.05, 3.63) is 100 Å². The van der Waals surface area contributed by atoms with Gasteiger partial charge in [0, 0.05) is 11.3 Å². The molecule has 0 bridgehead atoms. The van der Waals surface area contributed by atoms with Crippen LogP contribution < -0.4 is 9.64 Å². The van der Waals surface area contributed by atoms with Gasteiger partial charge in [0.05, 0.1) is 24.7 Å². The number of ether oxygens (including phenoxy) is 2. The molecule has 1 amide bonds. The molecule has 1 unspecified atom stereocenters. The van der Waals surface area contributed by atoms with Crippen LogP contribution in [0.25, 0.3) is 6.08 Å². The van der Waals surface area contributed by atoms with Crippen molar-refractivity contribution < 1.29 is 14.3 Å². The first-order valence-corrected chi connectivity index (χ1v) is 10.5. The van der Waals surface area contributed by atoms with Gasteiger partial charge in [-0.25, -0.2) is 4.79 Å². The van der Waals surface area contributed by atoms with Gasteiger partial charge in [-0.05, 0) is 35.4 Å². The average molecular weight is 433 g/mol. The van der Waals surface area contributed by atoms with E-state index in [1.807, 2.05) is 66.7 Å². The summed E-state index contributed by atoms with van der Waals surface area (Å²) in [5, 5.41) is 0.527. The molecule has 2 aliphatic heterocycles. The number of fused-ring (bicyclic) bond motifs is 1. The van der Waals surface area contributed by atoms with Crippen molar-refractivity contribution in [2.45, 2.75) is 6.04 Å². The van der Waals surface area contributed by atoms with Gasteiger partial charge in [-0.2, -0.15) is 0 Å². The molecule has 0 spiro atoms. The summed E-state index contributed by atoms with van der Waals surface area (Å²) in [5.41, 5.74) is 3.95. The molecule has 1 atom stereocenters. The van der Waals surface area contributed by atoms with Gasteiger partial charge in [0.1, 0.15) is 18.2 Å². The first-order valence-electron chi connectivity index (χ1n) is 10.1. The zero-order chi connectivity index (χ0) is 21.4. The highest BCUT2D eigenvalue weighted by Gasteiger charge is 2.38. The lowest BCUT2D eigenvalue weighted by atomic mass is 9.89. The number of hydrogen-bond acceptors (Lipinski definition) is 4. The van der Waals surface area contributed by atoms with Crippen LogP contribution in [-0.2, 0) is 4.74 Å². The fourth-order valence-corrected chi connectivity index (χ4v) is 4.55. The van der Waals surface area contributed by atoms with E-state index in [1.54, 1.807) is 12.0 Å². The van der Waals surface area contributed by atoms with E-state index in [0.29, 0.717) is 23.9 Å². The van der Waals surface area contributed by atoms with Crippen LogP contribution in [0.4, 0.5) is 10.5 Å². The van der Waals surface area contributed by atoms with Gasteiger partial charge in [-0.1, -0.05) is 66.2 Å². The zero-order valence-electron chi connectivity index (χ0n) is 17.0. The molecule has 0 N–H and O–H groups in total. The van der Waals surface area contributed by atoms with Crippen molar-refractivity contribution in [1.82, 2.24) is 4.90 Å². The summed E-state index contributed by atoms with van der Waals surface area (Å²) in [6.45, 7) is 0.833. The Bertz CT molecular complexity index is 1150. The maximum atomic E-state index is 12.6. The number of hydrogen-bond donors (Lipinski definition) is 0. The molecule has 3 aromatic carbocycles. The lowest BCUT2D eigenvalue weighted by Gasteiger charge is -2.42. The van der Waals surface area contributed by atoms with Gasteiger partial charge in [0.2, 0.25) is 0 Å². The van der Waals surface area contributed by atoms with Crippen LogP contribution in [0.1, 0.15) is 22.7 Å². The van der Waals surface area contributed by atoms with Gasteiger partial charge in [0.25, 0.3) is 0 Å². The second kappa shape index (κ2) is 8.00. The number of cyclic esters (lactones) is 1. The molecule has 5 nitrogen and oxygen atoms in total. The van der Waals surface area contributed by atoms with Crippen LogP contribution in [0.2, 0.25) is 5.02 Å². The van der Waals surface area contributed by atoms with Gasteiger partial charge < -0.3 is 14.4 Å². The van der Waals surface area contributed by atoms with Crippen LogP contribution in [0.3, 0.4) is 0 Å². The molecule has 6 heteroatoms. The number of halogens is 1. The lowest BCUT2D eigenvalue weighted by Crippen LogP contribution is -2.41. The minimum absolute atomic E-state index is 0.185. The Labute approximate surface area is 186 Å². The number of anilines is 1. The molecule has 0 aromatic heterocycles. The van der Waals surface area contributed by atoms with E-state index in [4.69, 9.17) is 21.1 Å². The highest BCUT2D eigenvalue weighted by atomic mass is 35.5. The van der Waals surface area contributed by atoms with E-state index in [2.05, 4.69) is 17.0 Å². The molecule has 2 aliphatic rings. The minimum atomic E-state index is -0.360. The van der Waals surface area contributed by atoms with E-state index in [9.17, 15) is 4.79 Å². The van der Waals surface area contributed by atoms with Crippen molar-refractivity contribution in [3.8, 4) is 5.75 Å². The summed E-state index contributed by atoms with van der Waals surface area (Å²) in [4.78, 5) is 16.4. The molecule has 1 saturated heterocycles. The Hall–Kier alpha value is -3.44. The average Bonchev–Trinajstić information content (AvgIpc) is 3.25. The van der Waals surface area contributed by atoms with Crippen LogP contribution >= 0.6 is 11.6 Å². The van der Waals surface area contributed by atoms with Crippen LogP contribution in [-0.4, -0.2) is 31.3 Å². The molecule has 1 fully saturated rings. The molecule has 2 heterocycles. The van der Waals surface area contributed by atoms with Crippen LogP contribution in [0.15, 0.2) is 78.6 Å². The van der Waals surface area contributed by atoms with Crippen molar-refractivity contribution >= 4 is 29.5 Å². The number of benzene rings is 3. The lowest BCUT2D eigenvalue weighted by molar-refractivity contribution is 0.163. The van der Waals surface area contributed by atoms with E-state index < -0.39 is 0 Å². The van der Waals surface area contributed by atoms with Crippen molar-refractivity contribution in [3.63, 3.8) is 0 Å². The van der Waals surface area contributed by atoms with Crippen molar-refractivity contribution in [2.24, 2.45) is 0 Å². The summed E-state index contributed by atoms with van der Waals surface area (Å²) in [6.07, 6.45) is 1.60. The maximum Gasteiger partial charge on any atom is 0.415 e. The minimum Gasteiger partial charge on any atom is -0.495 e. The summed E-state index contributed by atoms with van der Waals surface area (Å²) < 4.78 is 10.7. The first kappa shape index (κ1) is 19.5. The topological polar surface area (TPSA) is 42.0 Å². The Balaban J connectivity index is 1.80. The third kappa shape index (κ3) is 3.31. The van der Waals surface area contributed by atoms with E-state index >= 15 is 0 Å². The molecule has 156 valence electrons. The number of carbonyl (C=O) groups is 1. The van der Waals surface area contributed by atoms with Gasteiger partial charge >= 0.3 is 6.09 Å². The highest BCUT2D eigenvalue weighted by molar-refractivity contribution is 6.33. The molecule has 5 rings (SSSR count). The molecule has 31 heavy (non-hydrogen) atoms. The smallest absolute Gasteiger partial charge is 0.415 e. The van der Waals surface area contributed by atoms with Crippen molar-refractivity contribution in [1.29, 1.82) is 0 Å². The summed E-state index contributed by atoms with van der Waals surface area (Å²) in [5.74, 6) is 1.32. The second-order valence-corrected chi connectivity index (χ2v) is 7.75. The first-order chi connectivity index (χ1) is 15.2.